The van der Waals surface area contributed by atoms with Gasteiger partial charge in [-0.15, -0.1) is 0 Å². The molecule has 0 aliphatic heterocycles. The van der Waals surface area contributed by atoms with Gasteiger partial charge in [0.25, 0.3) is 5.91 Å². The Labute approximate surface area is 177 Å². The fraction of sp³-hybridized carbons (Fsp3) is 0.348. The average Bonchev–Trinajstić information content (AvgIpc) is 3.15. The molecule has 7 nitrogen and oxygen atoms in total. The van der Waals surface area contributed by atoms with E-state index in [1.165, 1.54) is 0 Å². The first kappa shape index (κ1) is 21.5. The summed E-state index contributed by atoms with van der Waals surface area (Å²) in [6.45, 7) is 5.17. The third kappa shape index (κ3) is 5.90. The van der Waals surface area contributed by atoms with E-state index < -0.39 is 0 Å². The van der Waals surface area contributed by atoms with Crippen molar-refractivity contribution in [2.24, 2.45) is 13.0 Å². The number of nitrogens with two attached hydrogens (primary N) is 1. The Morgan fingerprint density at radius 1 is 1.20 bits per heavy atom. The van der Waals surface area contributed by atoms with Crippen LogP contribution in [0.4, 0.5) is 5.82 Å². The summed E-state index contributed by atoms with van der Waals surface area (Å²) in [6, 6.07) is 11.6. The molecule has 0 radical (unpaired) electrons. The molecular formula is C23H29N5O2. The van der Waals surface area contributed by atoms with E-state index >= 15 is 0 Å². The van der Waals surface area contributed by atoms with Crippen molar-refractivity contribution < 1.29 is 9.53 Å². The van der Waals surface area contributed by atoms with Gasteiger partial charge in [-0.25, -0.2) is 4.98 Å². The van der Waals surface area contributed by atoms with Gasteiger partial charge in [0.1, 0.15) is 5.82 Å². The van der Waals surface area contributed by atoms with Crippen molar-refractivity contribution in [2.45, 2.75) is 32.9 Å². The standard InChI is InChI=1S/C23H29N5O2/c1-16(2)9-20(15-30-14-17-7-5-4-6-8-17)27-23(29)21-10-18(11-25-22(21)24)19-12-26-28(3)13-19/h4-8,10-13,16,20H,9,14-15H2,1-3H3,(H2,24,25)(H,27,29)/t20-/m1/s1. The Balaban J connectivity index is 1.68. The number of amides is 1. The fourth-order valence-electron chi connectivity index (χ4n) is 3.28. The highest BCUT2D eigenvalue weighted by Crippen LogP contribution is 2.21. The van der Waals surface area contributed by atoms with Crippen LogP contribution in [0, 0.1) is 5.92 Å². The minimum Gasteiger partial charge on any atom is -0.383 e. The predicted octanol–water partition coefficient (Wildman–Crippen LogP) is 3.43. The number of ether oxygens (including phenoxy) is 1. The molecular weight excluding hydrogens is 378 g/mol. The number of hydrogen-bond acceptors (Lipinski definition) is 5. The molecule has 30 heavy (non-hydrogen) atoms. The molecule has 0 bridgehead atoms. The lowest BCUT2D eigenvalue weighted by molar-refractivity contribution is 0.0766. The Morgan fingerprint density at radius 2 is 1.97 bits per heavy atom. The molecule has 1 atom stereocenters. The maximum atomic E-state index is 13.0. The molecule has 0 unspecified atom stereocenters. The van der Waals surface area contributed by atoms with Crippen LogP contribution < -0.4 is 11.1 Å². The van der Waals surface area contributed by atoms with Gasteiger partial charge >= 0.3 is 0 Å². The summed E-state index contributed by atoms with van der Waals surface area (Å²) < 4.78 is 7.58. The lowest BCUT2D eigenvalue weighted by Crippen LogP contribution is -2.39. The first-order valence-electron chi connectivity index (χ1n) is 10.1. The third-order valence-corrected chi connectivity index (χ3v) is 4.72. The number of carbonyl (C=O) groups excluding carboxylic acids is 1. The molecule has 0 aliphatic carbocycles. The van der Waals surface area contributed by atoms with E-state index in [-0.39, 0.29) is 17.8 Å². The molecule has 1 amide bonds. The average molecular weight is 408 g/mol. The number of benzene rings is 1. The normalized spacial score (nSPS) is 12.1. The van der Waals surface area contributed by atoms with Crippen molar-refractivity contribution in [2.75, 3.05) is 12.3 Å². The van der Waals surface area contributed by atoms with E-state index in [1.807, 2.05) is 43.6 Å². The molecule has 2 heterocycles. The molecule has 3 rings (SSSR count). The number of nitrogen functional groups attached to an aromatic ring is 1. The van der Waals surface area contributed by atoms with Crippen LogP contribution in [-0.4, -0.2) is 33.3 Å². The summed E-state index contributed by atoms with van der Waals surface area (Å²) in [5.74, 6) is 0.362. The number of carbonyl (C=O) groups is 1. The summed E-state index contributed by atoms with van der Waals surface area (Å²) in [5.41, 5.74) is 9.13. The van der Waals surface area contributed by atoms with Gasteiger partial charge in [0.15, 0.2) is 0 Å². The SMILES string of the molecule is CC(C)C[C@H](COCc1ccccc1)NC(=O)c1cc(-c2cnn(C)c2)cnc1N. The first-order valence-corrected chi connectivity index (χ1v) is 10.1. The number of rotatable bonds is 9. The van der Waals surface area contributed by atoms with Gasteiger partial charge < -0.3 is 15.8 Å². The number of nitrogens with one attached hydrogen (secondary N) is 1. The molecule has 3 N–H and O–H groups in total. The number of nitrogens with zero attached hydrogens (tertiary/aromatic N) is 3. The zero-order chi connectivity index (χ0) is 21.5. The summed E-state index contributed by atoms with van der Waals surface area (Å²) in [6.07, 6.45) is 6.05. The topological polar surface area (TPSA) is 95.1 Å². The first-order chi connectivity index (χ1) is 14.4. The number of aromatic nitrogens is 3. The third-order valence-electron chi connectivity index (χ3n) is 4.72. The van der Waals surface area contributed by atoms with E-state index in [0.29, 0.717) is 24.7 Å². The summed E-state index contributed by atoms with van der Waals surface area (Å²) >= 11 is 0. The molecule has 0 saturated carbocycles. The van der Waals surface area contributed by atoms with Crippen LogP contribution in [0.5, 0.6) is 0 Å². The number of aryl methyl sites for hydroxylation is 1. The molecule has 0 spiro atoms. The summed E-state index contributed by atoms with van der Waals surface area (Å²) in [5, 5.41) is 7.24. The number of pyridine rings is 1. The highest BCUT2D eigenvalue weighted by Gasteiger charge is 2.19. The van der Waals surface area contributed by atoms with Crippen molar-refractivity contribution in [3.8, 4) is 11.1 Å². The van der Waals surface area contributed by atoms with E-state index in [9.17, 15) is 4.79 Å². The van der Waals surface area contributed by atoms with E-state index in [4.69, 9.17) is 10.5 Å². The zero-order valence-corrected chi connectivity index (χ0v) is 17.7. The molecule has 2 aromatic heterocycles. The quantitative estimate of drug-likeness (QED) is 0.567. The molecule has 0 aliphatic rings. The minimum absolute atomic E-state index is 0.123. The smallest absolute Gasteiger partial charge is 0.255 e. The Hall–Kier alpha value is -3.19. The Kier molecular flexibility index (Phi) is 7.19. The lowest BCUT2D eigenvalue weighted by atomic mass is 10.0. The monoisotopic (exact) mass is 407 g/mol. The highest BCUT2D eigenvalue weighted by molar-refractivity contribution is 5.99. The van der Waals surface area contributed by atoms with Crippen molar-refractivity contribution in [1.82, 2.24) is 20.1 Å². The van der Waals surface area contributed by atoms with Gasteiger partial charge in [-0.05, 0) is 24.0 Å². The van der Waals surface area contributed by atoms with Gasteiger partial charge in [-0.2, -0.15) is 5.10 Å². The Morgan fingerprint density at radius 3 is 2.63 bits per heavy atom. The van der Waals surface area contributed by atoms with E-state index in [2.05, 4.69) is 29.2 Å². The second kappa shape index (κ2) is 10.0. The minimum atomic E-state index is -0.250. The van der Waals surface area contributed by atoms with E-state index in [1.54, 1.807) is 23.1 Å². The van der Waals surface area contributed by atoms with Crippen molar-refractivity contribution in [3.05, 3.63) is 66.1 Å². The van der Waals surface area contributed by atoms with Gasteiger partial charge in [0.2, 0.25) is 0 Å². The second-order valence-corrected chi connectivity index (χ2v) is 7.86. The Bertz CT molecular complexity index is 969. The summed E-state index contributed by atoms with van der Waals surface area (Å²) in [7, 11) is 1.84. The molecule has 7 heteroatoms. The van der Waals surface area contributed by atoms with Crippen LogP contribution in [0.2, 0.25) is 0 Å². The van der Waals surface area contributed by atoms with Gasteiger partial charge in [-0.3, -0.25) is 9.48 Å². The largest absolute Gasteiger partial charge is 0.383 e. The molecule has 3 aromatic rings. The van der Waals surface area contributed by atoms with Crippen LogP contribution in [0.15, 0.2) is 55.0 Å². The van der Waals surface area contributed by atoms with E-state index in [0.717, 1.165) is 23.1 Å². The maximum absolute atomic E-state index is 13.0. The molecule has 1 aromatic carbocycles. The highest BCUT2D eigenvalue weighted by atomic mass is 16.5. The van der Waals surface area contributed by atoms with Crippen molar-refractivity contribution >= 4 is 11.7 Å². The number of hydrogen-bond donors (Lipinski definition) is 2. The van der Waals surface area contributed by atoms with Gasteiger partial charge in [0, 0.05) is 30.6 Å². The summed E-state index contributed by atoms with van der Waals surface area (Å²) in [4.78, 5) is 17.2. The van der Waals surface area contributed by atoms with Crippen LogP contribution in [0.3, 0.4) is 0 Å². The molecule has 0 fully saturated rings. The second-order valence-electron chi connectivity index (χ2n) is 7.86. The maximum Gasteiger partial charge on any atom is 0.255 e. The predicted molar refractivity (Wildman–Crippen MR) is 118 cm³/mol. The van der Waals surface area contributed by atoms with Gasteiger partial charge in [-0.1, -0.05) is 44.2 Å². The molecule has 0 saturated heterocycles. The fourth-order valence-corrected chi connectivity index (χ4v) is 3.28. The lowest BCUT2D eigenvalue weighted by Gasteiger charge is -2.21. The van der Waals surface area contributed by atoms with Crippen LogP contribution >= 0.6 is 0 Å². The van der Waals surface area contributed by atoms with Crippen molar-refractivity contribution in [3.63, 3.8) is 0 Å². The van der Waals surface area contributed by atoms with Crippen LogP contribution in [0.1, 0.15) is 36.2 Å². The van der Waals surface area contributed by atoms with Crippen LogP contribution in [-0.2, 0) is 18.4 Å². The number of anilines is 1. The van der Waals surface area contributed by atoms with Crippen molar-refractivity contribution in [1.29, 1.82) is 0 Å². The molecule has 158 valence electrons. The zero-order valence-electron chi connectivity index (χ0n) is 17.7. The van der Waals surface area contributed by atoms with Gasteiger partial charge in [0.05, 0.1) is 31.0 Å². The van der Waals surface area contributed by atoms with Crippen LogP contribution in [0.25, 0.3) is 11.1 Å².